The Hall–Kier alpha value is -1.42. The molecule has 15 heavy (non-hydrogen) atoms. The lowest BCUT2D eigenvalue weighted by molar-refractivity contribution is -0.140. The Balaban J connectivity index is 2.15. The van der Waals surface area contributed by atoms with Crippen molar-refractivity contribution in [2.45, 2.75) is 13.3 Å². The van der Waals surface area contributed by atoms with Gasteiger partial charge in [0.2, 0.25) is 0 Å². The third-order valence-corrected chi connectivity index (χ3v) is 2.16. The normalized spacial score (nSPS) is 12.3. The van der Waals surface area contributed by atoms with Gasteiger partial charge in [0.1, 0.15) is 0 Å². The Morgan fingerprint density at radius 3 is 3.00 bits per heavy atom. The number of hydrogen-bond acceptors (Lipinski definition) is 3. The Labute approximate surface area is 89.3 Å². The summed E-state index contributed by atoms with van der Waals surface area (Å²) in [5.74, 6) is -1.10. The number of carboxylic acid groups (broad SMARTS) is 1. The number of rotatable bonds is 6. The number of pyridine rings is 1. The highest BCUT2D eigenvalue weighted by Gasteiger charge is 2.08. The molecule has 0 bridgehead atoms. The van der Waals surface area contributed by atoms with Gasteiger partial charge in [-0.25, -0.2) is 0 Å². The molecular formula is C11H16N2O2. The molecule has 0 saturated heterocycles. The molecule has 1 atom stereocenters. The summed E-state index contributed by atoms with van der Waals surface area (Å²) < 4.78 is 0. The highest BCUT2D eigenvalue weighted by molar-refractivity contribution is 5.69. The molecular weight excluding hydrogens is 192 g/mol. The monoisotopic (exact) mass is 208 g/mol. The number of nitrogens with one attached hydrogen (secondary N) is 1. The van der Waals surface area contributed by atoms with Crippen molar-refractivity contribution in [2.24, 2.45) is 5.92 Å². The van der Waals surface area contributed by atoms with Crippen molar-refractivity contribution in [2.75, 3.05) is 13.1 Å². The lowest BCUT2D eigenvalue weighted by Crippen LogP contribution is -2.27. The van der Waals surface area contributed by atoms with Gasteiger partial charge in [-0.15, -0.1) is 0 Å². The predicted molar refractivity (Wildman–Crippen MR) is 57.6 cm³/mol. The number of hydrogen-bond donors (Lipinski definition) is 2. The molecule has 0 amide bonds. The number of aliphatic carboxylic acids is 1. The lowest BCUT2D eigenvalue weighted by atomic mass is 10.2. The van der Waals surface area contributed by atoms with Gasteiger partial charge in [-0.2, -0.15) is 0 Å². The Kier molecular flexibility index (Phi) is 4.77. The van der Waals surface area contributed by atoms with Crippen molar-refractivity contribution in [3.8, 4) is 0 Å². The Morgan fingerprint density at radius 1 is 1.60 bits per heavy atom. The van der Waals surface area contributed by atoms with E-state index in [0.29, 0.717) is 6.54 Å². The first-order valence-corrected chi connectivity index (χ1v) is 5.03. The quantitative estimate of drug-likeness (QED) is 0.683. The van der Waals surface area contributed by atoms with E-state index >= 15 is 0 Å². The molecule has 4 nitrogen and oxygen atoms in total. The molecule has 0 aliphatic carbocycles. The van der Waals surface area contributed by atoms with Gasteiger partial charge in [0, 0.05) is 31.4 Å². The topological polar surface area (TPSA) is 62.2 Å². The first-order chi connectivity index (χ1) is 7.20. The van der Waals surface area contributed by atoms with Crippen LogP contribution in [-0.2, 0) is 11.2 Å². The summed E-state index contributed by atoms with van der Waals surface area (Å²) in [6, 6.07) is 5.79. The average Bonchev–Trinajstić information content (AvgIpc) is 2.25. The van der Waals surface area contributed by atoms with Gasteiger partial charge >= 0.3 is 5.97 Å². The van der Waals surface area contributed by atoms with Crippen LogP contribution in [0.2, 0.25) is 0 Å². The number of aromatic nitrogens is 1. The molecule has 0 saturated carbocycles. The van der Waals surface area contributed by atoms with Gasteiger partial charge in [-0.1, -0.05) is 13.0 Å². The van der Waals surface area contributed by atoms with Gasteiger partial charge in [0.25, 0.3) is 0 Å². The van der Waals surface area contributed by atoms with E-state index in [0.717, 1.165) is 18.7 Å². The van der Waals surface area contributed by atoms with Crippen LogP contribution in [0.4, 0.5) is 0 Å². The minimum absolute atomic E-state index is 0.339. The second-order valence-electron chi connectivity index (χ2n) is 3.51. The molecule has 2 N–H and O–H groups in total. The van der Waals surface area contributed by atoms with Crippen LogP contribution in [0.1, 0.15) is 12.6 Å². The van der Waals surface area contributed by atoms with E-state index in [4.69, 9.17) is 5.11 Å². The molecule has 4 heteroatoms. The maximum atomic E-state index is 10.5. The second-order valence-corrected chi connectivity index (χ2v) is 3.51. The molecule has 82 valence electrons. The van der Waals surface area contributed by atoms with E-state index in [9.17, 15) is 4.79 Å². The van der Waals surface area contributed by atoms with Crippen LogP contribution >= 0.6 is 0 Å². The van der Waals surface area contributed by atoms with E-state index < -0.39 is 5.97 Å². The molecule has 0 aliphatic heterocycles. The first-order valence-electron chi connectivity index (χ1n) is 5.03. The second kappa shape index (κ2) is 6.14. The molecule has 1 rings (SSSR count). The van der Waals surface area contributed by atoms with Crippen molar-refractivity contribution in [1.29, 1.82) is 0 Å². The van der Waals surface area contributed by atoms with Crippen molar-refractivity contribution in [1.82, 2.24) is 10.3 Å². The van der Waals surface area contributed by atoms with E-state index in [2.05, 4.69) is 10.3 Å². The molecule has 0 radical (unpaired) electrons. The van der Waals surface area contributed by atoms with Crippen molar-refractivity contribution in [3.63, 3.8) is 0 Å². The van der Waals surface area contributed by atoms with E-state index in [1.54, 1.807) is 13.1 Å². The molecule has 1 aromatic rings. The zero-order valence-corrected chi connectivity index (χ0v) is 8.81. The average molecular weight is 208 g/mol. The fourth-order valence-corrected chi connectivity index (χ4v) is 1.17. The third kappa shape index (κ3) is 4.56. The van der Waals surface area contributed by atoms with Gasteiger partial charge < -0.3 is 10.4 Å². The smallest absolute Gasteiger partial charge is 0.307 e. The maximum Gasteiger partial charge on any atom is 0.307 e. The predicted octanol–water partition coefficient (Wildman–Crippen LogP) is 0.934. The largest absolute Gasteiger partial charge is 0.481 e. The lowest BCUT2D eigenvalue weighted by Gasteiger charge is -2.07. The summed E-state index contributed by atoms with van der Waals surface area (Å²) in [4.78, 5) is 14.7. The van der Waals surface area contributed by atoms with Crippen LogP contribution in [0.25, 0.3) is 0 Å². The van der Waals surface area contributed by atoms with Crippen molar-refractivity contribution in [3.05, 3.63) is 30.1 Å². The third-order valence-electron chi connectivity index (χ3n) is 2.16. The van der Waals surface area contributed by atoms with E-state index in [1.165, 1.54) is 0 Å². The first kappa shape index (κ1) is 11.7. The van der Waals surface area contributed by atoms with Crippen LogP contribution in [0, 0.1) is 5.92 Å². The molecule has 1 heterocycles. The number of nitrogens with zero attached hydrogens (tertiary/aromatic N) is 1. The SMILES string of the molecule is CC(CNCCc1ccccn1)C(=O)O. The van der Waals surface area contributed by atoms with Crippen molar-refractivity contribution < 1.29 is 9.90 Å². The minimum atomic E-state index is -0.764. The zero-order valence-electron chi connectivity index (χ0n) is 8.81. The fraction of sp³-hybridized carbons (Fsp3) is 0.455. The highest BCUT2D eigenvalue weighted by Crippen LogP contribution is 1.94. The molecule has 0 aliphatic rings. The minimum Gasteiger partial charge on any atom is -0.481 e. The number of carboxylic acids is 1. The maximum absolute atomic E-state index is 10.5. The zero-order chi connectivity index (χ0) is 11.1. The van der Waals surface area contributed by atoms with Crippen LogP contribution in [-0.4, -0.2) is 29.1 Å². The summed E-state index contributed by atoms with van der Waals surface area (Å²) in [6.45, 7) is 2.95. The molecule has 1 aromatic heterocycles. The highest BCUT2D eigenvalue weighted by atomic mass is 16.4. The molecule has 1 unspecified atom stereocenters. The Bertz CT molecular complexity index is 301. The summed E-state index contributed by atoms with van der Waals surface area (Å²) in [5, 5.41) is 11.7. The summed E-state index contributed by atoms with van der Waals surface area (Å²) >= 11 is 0. The molecule has 0 spiro atoms. The summed E-state index contributed by atoms with van der Waals surface area (Å²) in [6.07, 6.45) is 2.59. The van der Waals surface area contributed by atoms with Crippen LogP contribution in [0.15, 0.2) is 24.4 Å². The van der Waals surface area contributed by atoms with Gasteiger partial charge in [0.15, 0.2) is 0 Å². The fourth-order valence-electron chi connectivity index (χ4n) is 1.17. The van der Waals surface area contributed by atoms with Crippen LogP contribution in [0.3, 0.4) is 0 Å². The van der Waals surface area contributed by atoms with Crippen molar-refractivity contribution >= 4 is 5.97 Å². The standard InChI is InChI=1S/C11H16N2O2/c1-9(11(14)15)8-12-7-5-10-4-2-3-6-13-10/h2-4,6,9,12H,5,7-8H2,1H3,(H,14,15). The summed E-state index contributed by atoms with van der Waals surface area (Å²) in [5.41, 5.74) is 1.02. The van der Waals surface area contributed by atoms with Crippen LogP contribution in [0.5, 0.6) is 0 Å². The number of carbonyl (C=O) groups is 1. The Morgan fingerprint density at radius 2 is 2.40 bits per heavy atom. The van der Waals surface area contributed by atoms with E-state index in [-0.39, 0.29) is 5.92 Å². The van der Waals surface area contributed by atoms with Crippen LogP contribution < -0.4 is 5.32 Å². The van der Waals surface area contributed by atoms with E-state index in [1.807, 2.05) is 18.2 Å². The molecule has 0 fully saturated rings. The summed E-state index contributed by atoms with van der Waals surface area (Å²) in [7, 11) is 0. The van der Waals surface area contributed by atoms with Gasteiger partial charge in [-0.05, 0) is 12.1 Å². The molecule has 0 aromatic carbocycles. The van der Waals surface area contributed by atoms with Gasteiger partial charge in [0.05, 0.1) is 5.92 Å². The van der Waals surface area contributed by atoms with Gasteiger partial charge in [-0.3, -0.25) is 9.78 Å².